The first-order valence-corrected chi connectivity index (χ1v) is 10.3. The molecule has 1 fully saturated rings. The van der Waals surface area contributed by atoms with Gasteiger partial charge in [0.1, 0.15) is 0 Å². The van der Waals surface area contributed by atoms with E-state index in [0.717, 1.165) is 21.8 Å². The number of benzene rings is 2. The molecule has 0 unspecified atom stereocenters. The van der Waals surface area contributed by atoms with Gasteiger partial charge in [-0.2, -0.15) is 0 Å². The standard InChI is InChI=1S/C20H14BrN3O5S/c1-27-15-8-11(9-16-18(25)22-20(26)30-16)2-7-14(15)28-10-17-23-24-19(29-17)12-3-5-13(21)6-4-12/h2-9H,10H2,1H3,(H,22,25,26)/b16-9+. The fourth-order valence-electron chi connectivity index (χ4n) is 2.63. The highest BCUT2D eigenvalue weighted by Crippen LogP contribution is 2.32. The number of halogens is 1. The molecule has 152 valence electrons. The van der Waals surface area contributed by atoms with E-state index in [2.05, 4.69) is 31.4 Å². The highest BCUT2D eigenvalue weighted by molar-refractivity contribution is 9.10. The number of aromatic nitrogens is 2. The number of carbonyl (C=O) groups is 2. The van der Waals surface area contributed by atoms with Crippen LogP contribution in [0.15, 0.2) is 56.3 Å². The molecule has 4 rings (SSSR count). The summed E-state index contributed by atoms with van der Waals surface area (Å²) < 4.78 is 17.7. The Kier molecular flexibility index (Phi) is 5.86. The molecule has 2 amide bonds. The van der Waals surface area contributed by atoms with Crippen LogP contribution in [-0.4, -0.2) is 28.5 Å². The van der Waals surface area contributed by atoms with E-state index >= 15 is 0 Å². The first-order chi connectivity index (χ1) is 14.5. The molecule has 0 spiro atoms. The highest BCUT2D eigenvalue weighted by Gasteiger charge is 2.25. The molecular formula is C20H14BrN3O5S. The fourth-order valence-corrected chi connectivity index (χ4v) is 3.57. The fraction of sp³-hybridized carbons (Fsp3) is 0.100. The van der Waals surface area contributed by atoms with Gasteiger partial charge in [-0.15, -0.1) is 10.2 Å². The molecule has 0 atom stereocenters. The summed E-state index contributed by atoms with van der Waals surface area (Å²) in [6.45, 7) is 0.0626. The van der Waals surface area contributed by atoms with Crippen LogP contribution in [0.3, 0.4) is 0 Å². The number of carbonyl (C=O) groups excluding carboxylic acids is 2. The molecule has 8 nitrogen and oxygen atoms in total. The number of ether oxygens (including phenoxy) is 2. The summed E-state index contributed by atoms with van der Waals surface area (Å²) in [7, 11) is 1.51. The lowest BCUT2D eigenvalue weighted by atomic mass is 10.2. The third-order valence-electron chi connectivity index (χ3n) is 4.04. The van der Waals surface area contributed by atoms with E-state index in [1.165, 1.54) is 7.11 Å². The zero-order valence-electron chi connectivity index (χ0n) is 15.5. The summed E-state index contributed by atoms with van der Waals surface area (Å²) in [5.74, 6) is 1.24. The van der Waals surface area contributed by atoms with Crippen molar-refractivity contribution in [2.75, 3.05) is 7.11 Å². The Morgan fingerprint density at radius 1 is 1.13 bits per heavy atom. The minimum absolute atomic E-state index is 0.0626. The first-order valence-electron chi connectivity index (χ1n) is 8.66. The van der Waals surface area contributed by atoms with Crippen molar-refractivity contribution in [3.8, 4) is 23.0 Å². The van der Waals surface area contributed by atoms with Gasteiger partial charge in [0, 0.05) is 10.0 Å². The number of hydrogen-bond donors (Lipinski definition) is 1. The predicted molar refractivity (Wildman–Crippen MR) is 114 cm³/mol. The monoisotopic (exact) mass is 487 g/mol. The third-order valence-corrected chi connectivity index (χ3v) is 5.38. The minimum Gasteiger partial charge on any atom is -0.493 e. The van der Waals surface area contributed by atoms with Crippen molar-refractivity contribution >= 4 is 44.9 Å². The molecule has 0 bridgehead atoms. The van der Waals surface area contributed by atoms with E-state index < -0.39 is 5.91 Å². The number of imide groups is 1. The average molecular weight is 488 g/mol. The topological polar surface area (TPSA) is 104 Å². The van der Waals surface area contributed by atoms with Gasteiger partial charge in [-0.05, 0) is 59.8 Å². The van der Waals surface area contributed by atoms with Crippen LogP contribution in [0.25, 0.3) is 17.5 Å². The number of rotatable bonds is 6. The van der Waals surface area contributed by atoms with Crippen molar-refractivity contribution < 1.29 is 23.5 Å². The van der Waals surface area contributed by atoms with Crippen LogP contribution < -0.4 is 14.8 Å². The number of thioether (sulfide) groups is 1. The van der Waals surface area contributed by atoms with Crippen molar-refractivity contribution in [3.63, 3.8) is 0 Å². The lowest BCUT2D eigenvalue weighted by Crippen LogP contribution is -2.17. The van der Waals surface area contributed by atoms with Crippen LogP contribution in [-0.2, 0) is 11.4 Å². The zero-order chi connectivity index (χ0) is 21.1. The van der Waals surface area contributed by atoms with Crippen LogP contribution >= 0.6 is 27.7 Å². The van der Waals surface area contributed by atoms with E-state index in [1.54, 1.807) is 24.3 Å². The van der Waals surface area contributed by atoms with Gasteiger partial charge < -0.3 is 13.9 Å². The summed E-state index contributed by atoms with van der Waals surface area (Å²) in [4.78, 5) is 23.3. The molecule has 3 aromatic rings. The SMILES string of the molecule is COc1cc(/C=C2/SC(=O)NC2=O)ccc1OCc1nnc(-c2ccc(Br)cc2)o1. The van der Waals surface area contributed by atoms with E-state index in [9.17, 15) is 9.59 Å². The van der Waals surface area contributed by atoms with Gasteiger partial charge in [-0.3, -0.25) is 14.9 Å². The van der Waals surface area contributed by atoms with Crippen LogP contribution in [0.5, 0.6) is 11.5 Å². The maximum atomic E-state index is 11.7. The van der Waals surface area contributed by atoms with E-state index in [0.29, 0.717) is 33.7 Å². The van der Waals surface area contributed by atoms with Crippen molar-refractivity contribution in [2.45, 2.75) is 6.61 Å². The van der Waals surface area contributed by atoms with Crippen molar-refractivity contribution in [3.05, 3.63) is 63.3 Å². The van der Waals surface area contributed by atoms with E-state index in [1.807, 2.05) is 24.3 Å². The Morgan fingerprint density at radius 3 is 2.63 bits per heavy atom. The van der Waals surface area contributed by atoms with Crippen LogP contribution in [0.1, 0.15) is 11.5 Å². The molecule has 2 aromatic carbocycles. The number of nitrogens with one attached hydrogen (secondary N) is 1. The van der Waals surface area contributed by atoms with Crippen LogP contribution in [0.4, 0.5) is 4.79 Å². The van der Waals surface area contributed by atoms with Crippen molar-refractivity contribution in [1.29, 1.82) is 0 Å². The van der Waals surface area contributed by atoms with E-state index in [4.69, 9.17) is 13.9 Å². The largest absolute Gasteiger partial charge is 0.493 e. The first kappa shape index (κ1) is 20.2. The van der Waals surface area contributed by atoms with Gasteiger partial charge in [-0.1, -0.05) is 22.0 Å². The van der Waals surface area contributed by atoms with Gasteiger partial charge in [0.05, 0.1) is 12.0 Å². The van der Waals surface area contributed by atoms with Gasteiger partial charge in [0.25, 0.3) is 17.0 Å². The molecule has 0 radical (unpaired) electrons. The Hall–Kier alpha value is -3.11. The summed E-state index contributed by atoms with van der Waals surface area (Å²) in [6, 6.07) is 12.7. The maximum Gasteiger partial charge on any atom is 0.290 e. The third kappa shape index (κ3) is 4.55. The molecule has 1 aliphatic rings. The summed E-state index contributed by atoms with van der Waals surface area (Å²) in [5.41, 5.74) is 1.50. The maximum absolute atomic E-state index is 11.7. The Labute approximate surface area is 183 Å². The second kappa shape index (κ2) is 8.72. The van der Waals surface area contributed by atoms with Gasteiger partial charge in [0.15, 0.2) is 18.1 Å². The average Bonchev–Trinajstić information content (AvgIpc) is 3.33. The number of nitrogens with zero attached hydrogens (tertiary/aromatic N) is 2. The Balaban J connectivity index is 1.46. The predicted octanol–water partition coefficient (Wildman–Crippen LogP) is 4.41. The van der Waals surface area contributed by atoms with Gasteiger partial charge >= 0.3 is 0 Å². The molecule has 2 heterocycles. The summed E-state index contributed by atoms with van der Waals surface area (Å²) >= 11 is 4.24. The zero-order valence-corrected chi connectivity index (χ0v) is 18.0. The molecule has 10 heteroatoms. The molecule has 1 saturated heterocycles. The number of methoxy groups -OCH3 is 1. The molecule has 1 aromatic heterocycles. The van der Waals surface area contributed by atoms with E-state index in [-0.39, 0.29) is 11.8 Å². The molecule has 1 N–H and O–H groups in total. The van der Waals surface area contributed by atoms with Crippen LogP contribution in [0, 0.1) is 0 Å². The smallest absolute Gasteiger partial charge is 0.290 e. The molecule has 0 saturated carbocycles. The van der Waals surface area contributed by atoms with Crippen molar-refractivity contribution in [2.24, 2.45) is 0 Å². The second-order valence-electron chi connectivity index (χ2n) is 6.06. The van der Waals surface area contributed by atoms with Gasteiger partial charge in [-0.25, -0.2) is 0 Å². The number of hydrogen-bond acceptors (Lipinski definition) is 8. The molecule has 1 aliphatic heterocycles. The number of amides is 2. The lowest BCUT2D eigenvalue weighted by molar-refractivity contribution is -0.115. The summed E-state index contributed by atoms with van der Waals surface area (Å²) in [6.07, 6.45) is 1.61. The van der Waals surface area contributed by atoms with Gasteiger partial charge in [0.2, 0.25) is 5.89 Å². The molecule has 30 heavy (non-hydrogen) atoms. The lowest BCUT2D eigenvalue weighted by Gasteiger charge is -2.10. The minimum atomic E-state index is -0.415. The van der Waals surface area contributed by atoms with Crippen LogP contribution in [0.2, 0.25) is 0 Å². The second-order valence-corrected chi connectivity index (χ2v) is 7.99. The normalized spacial score (nSPS) is 14.8. The highest BCUT2D eigenvalue weighted by atomic mass is 79.9. The molecular weight excluding hydrogens is 474 g/mol. The summed E-state index contributed by atoms with van der Waals surface area (Å²) in [5, 5.41) is 9.87. The molecule has 0 aliphatic carbocycles. The quantitative estimate of drug-likeness (QED) is 0.509. The Bertz CT molecular complexity index is 1140. The van der Waals surface area contributed by atoms with Crippen molar-refractivity contribution in [1.82, 2.24) is 15.5 Å². The Morgan fingerprint density at radius 2 is 1.93 bits per heavy atom.